The van der Waals surface area contributed by atoms with Crippen LogP contribution in [0.4, 0.5) is 17.5 Å². The first-order chi connectivity index (χ1) is 10.9. The number of nitrogens with zero attached hydrogens (tertiary/aromatic N) is 3. The van der Waals surface area contributed by atoms with E-state index in [2.05, 4.69) is 28.8 Å². The number of aromatic nitrogens is 2. The lowest BCUT2D eigenvalue weighted by Gasteiger charge is -2.16. The third-order valence-corrected chi connectivity index (χ3v) is 3.25. The van der Waals surface area contributed by atoms with Gasteiger partial charge in [-0.05, 0) is 30.0 Å². The van der Waals surface area contributed by atoms with E-state index in [1.807, 2.05) is 13.0 Å². The van der Waals surface area contributed by atoms with Crippen LogP contribution in [0.2, 0.25) is 0 Å². The van der Waals surface area contributed by atoms with E-state index < -0.39 is 0 Å². The number of aliphatic imine (C=N–C) groups is 1. The van der Waals surface area contributed by atoms with Gasteiger partial charge in [-0.2, -0.15) is 4.98 Å². The summed E-state index contributed by atoms with van der Waals surface area (Å²) in [5.41, 5.74) is 13.9. The molecule has 0 fully saturated rings. The molecule has 4 N–H and O–H groups in total. The van der Waals surface area contributed by atoms with Crippen molar-refractivity contribution in [2.24, 2.45) is 4.99 Å². The summed E-state index contributed by atoms with van der Waals surface area (Å²) in [6, 6.07) is 3.74. The number of nitrogen functional groups attached to an aromatic ring is 2. The van der Waals surface area contributed by atoms with Crippen molar-refractivity contribution in [2.45, 2.75) is 26.7 Å². The highest BCUT2D eigenvalue weighted by Crippen LogP contribution is 2.37. The summed E-state index contributed by atoms with van der Waals surface area (Å²) in [4.78, 5) is 22.4. The van der Waals surface area contributed by atoms with E-state index in [0.29, 0.717) is 23.5 Å². The third-order valence-electron chi connectivity index (χ3n) is 3.25. The third kappa shape index (κ3) is 3.82. The fraction of sp³-hybridized carbons (Fsp3) is 0.250. The van der Waals surface area contributed by atoms with Gasteiger partial charge in [0.05, 0.1) is 18.1 Å². The van der Waals surface area contributed by atoms with Gasteiger partial charge >= 0.3 is 0 Å². The zero-order valence-corrected chi connectivity index (χ0v) is 13.3. The number of hydrogen-bond acceptors (Lipinski definition) is 7. The van der Waals surface area contributed by atoms with Crippen molar-refractivity contribution < 1.29 is 9.53 Å². The van der Waals surface area contributed by atoms with Crippen LogP contribution in [0.1, 0.15) is 30.9 Å². The Labute approximate surface area is 134 Å². The van der Waals surface area contributed by atoms with Crippen molar-refractivity contribution in [1.29, 1.82) is 0 Å². The lowest BCUT2D eigenvalue weighted by molar-refractivity contribution is -0.102. The molecule has 23 heavy (non-hydrogen) atoms. The summed E-state index contributed by atoms with van der Waals surface area (Å²) in [6.45, 7) is 6.03. The summed E-state index contributed by atoms with van der Waals surface area (Å²) in [7, 11) is 0. The van der Waals surface area contributed by atoms with Crippen LogP contribution in [-0.4, -0.2) is 22.5 Å². The number of benzene rings is 1. The molecule has 120 valence electrons. The molecule has 0 aliphatic heterocycles. The SMILES string of the molecule is Cc1cc(C(C)C)c(Oc2cnc(N)nc2N)cc1N=CC=O. The maximum absolute atomic E-state index is 10.5. The predicted molar refractivity (Wildman–Crippen MR) is 90.4 cm³/mol. The molecule has 0 atom stereocenters. The second-order valence-corrected chi connectivity index (χ2v) is 5.33. The van der Waals surface area contributed by atoms with Crippen LogP contribution in [0, 0.1) is 6.92 Å². The van der Waals surface area contributed by atoms with E-state index in [1.165, 1.54) is 12.4 Å². The highest BCUT2D eigenvalue weighted by molar-refractivity contribution is 6.13. The van der Waals surface area contributed by atoms with Gasteiger partial charge in [-0.1, -0.05) is 13.8 Å². The molecule has 0 amide bonds. The van der Waals surface area contributed by atoms with E-state index in [1.54, 1.807) is 6.07 Å². The number of hydrogen-bond donors (Lipinski definition) is 2. The fourth-order valence-corrected chi connectivity index (χ4v) is 2.08. The molecule has 1 aromatic carbocycles. The van der Waals surface area contributed by atoms with Crippen LogP contribution < -0.4 is 16.2 Å². The van der Waals surface area contributed by atoms with E-state index >= 15 is 0 Å². The molecule has 2 aromatic rings. The predicted octanol–water partition coefficient (Wildman–Crippen LogP) is 2.77. The highest BCUT2D eigenvalue weighted by Gasteiger charge is 2.14. The Balaban J connectivity index is 2.49. The van der Waals surface area contributed by atoms with Gasteiger partial charge in [0, 0.05) is 6.07 Å². The minimum atomic E-state index is 0.0825. The number of carbonyl (C=O) groups excluding carboxylic acids is 1. The fourth-order valence-electron chi connectivity index (χ4n) is 2.08. The van der Waals surface area contributed by atoms with E-state index in [0.717, 1.165) is 11.1 Å². The number of aldehydes is 1. The molecule has 0 bridgehead atoms. The number of ether oxygens (including phenoxy) is 1. The first kappa shape index (κ1) is 16.4. The first-order valence-electron chi connectivity index (χ1n) is 7.10. The lowest BCUT2D eigenvalue weighted by atomic mass is 9.99. The van der Waals surface area contributed by atoms with Gasteiger partial charge in [-0.15, -0.1) is 0 Å². The van der Waals surface area contributed by atoms with Gasteiger partial charge in [0.15, 0.2) is 17.9 Å². The molecule has 0 saturated carbocycles. The van der Waals surface area contributed by atoms with E-state index in [4.69, 9.17) is 16.2 Å². The molecule has 7 heteroatoms. The first-order valence-corrected chi connectivity index (χ1v) is 7.10. The van der Waals surface area contributed by atoms with Crippen molar-refractivity contribution in [1.82, 2.24) is 9.97 Å². The number of nitrogens with two attached hydrogens (primary N) is 2. The monoisotopic (exact) mass is 313 g/mol. The van der Waals surface area contributed by atoms with Crippen LogP contribution in [0.15, 0.2) is 23.3 Å². The molecule has 1 heterocycles. The van der Waals surface area contributed by atoms with Gasteiger partial charge in [0.25, 0.3) is 0 Å². The van der Waals surface area contributed by atoms with E-state index in [-0.39, 0.29) is 17.7 Å². The molecule has 7 nitrogen and oxygen atoms in total. The Hall–Kier alpha value is -2.96. The van der Waals surface area contributed by atoms with Crippen LogP contribution >= 0.6 is 0 Å². The zero-order valence-electron chi connectivity index (χ0n) is 13.3. The largest absolute Gasteiger partial charge is 0.451 e. The van der Waals surface area contributed by atoms with Crippen LogP contribution in [0.25, 0.3) is 0 Å². The van der Waals surface area contributed by atoms with Crippen molar-refractivity contribution in [3.05, 3.63) is 29.5 Å². The molecular formula is C16H19N5O2. The second kappa shape index (κ2) is 6.87. The number of aryl methyl sites for hydroxylation is 1. The van der Waals surface area contributed by atoms with Crippen molar-refractivity contribution in [2.75, 3.05) is 11.5 Å². The molecule has 0 aliphatic carbocycles. The Morgan fingerprint density at radius 2 is 2.00 bits per heavy atom. The topological polar surface area (TPSA) is 116 Å². The Morgan fingerprint density at radius 3 is 2.61 bits per heavy atom. The van der Waals surface area contributed by atoms with Gasteiger partial charge in [0.2, 0.25) is 5.95 Å². The molecule has 0 aliphatic rings. The van der Waals surface area contributed by atoms with Crippen molar-refractivity contribution >= 4 is 30.0 Å². The number of carbonyl (C=O) groups is 1. The average Bonchev–Trinajstić information content (AvgIpc) is 2.49. The van der Waals surface area contributed by atoms with Crippen molar-refractivity contribution in [3.8, 4) is 11.5 Å². The summed E-state index contributed by atoms with van der Waals surface area (Å²) in [5, 5.41) is 0. The van der Waals surface area contributed by atoms with Gasteiger partial charge < -0.3 is 16.2 Å². The quantitative estimate of drug-likeness (QED) is 0.647. The van der Waals surface area contributed by atoms with Crippen LogP contribution in [0.5, 0.6) is 11.5 Å². The zero-order chi connectivity index (χ0) is 17.0. The molecular weight excluding hydrogens is 294 g/mol. The normalized spacial score (nSPS) is 11.1. The summed E-state index contributed by atoms with van der Waals surface area (Å²) >= 11 is 0. The minimum absolute atomic E-state index is 0.0825. The van der Waals surface area contributed by atoms with Crippen LogP contribution in [-0.2, 0) is 4.79 Å². The minimum Gasteiger partial charge on any atom is -0.451 e. The smallest absolute Gasteiger partial charge is 0.222 e. The Morgan fingerprint density at radius 1 is 1.26 bits per heavy atom. The van der Waals surface area contributed by atoms with E-state index in [9.17, 15) is 4.79 Å². The maximum Gasteiger partial charge on any atom is 0.222 e. The maximum atomic E-state index is 10.5. The standard InChI is InChI=1S/C16H19N5O2/c1-9(2)11-6-10(3)12(19-4-5-22)7-13(11)23-14-8-20-16(18)21-15(14)17/h4-9H,1-3H3,(H4,17,18,20,21). The molecule has 1 aromatic heterocycles. The molecule has 2 rings (SSSR count). The second-order valence-electron chi connectivity index (χ2n) is 5.33. The Bertz CT molecular complexity index is 756. The number of rotatable bonds is 5. The van der Waals surface area contributed by atoms with Crippen molar-refractivity contribution in [3.63, 3.8) is 0 Å². The van der Waals surface area contributed by atoms with Gasteiger partial charge in [-0.3, -0.25) is 9.79 Å². The number of anilines is 2. The summed E-state index contributed by atoms with van der Waals surface area (Å²) in [6.07, 6.45) is 3.25. The molecule has 0 unspecified atom stereocenters. The van der Waals surface area contributed by atoms with Gasteiger partial charge in [-0.25, -0.2) is 4.98 Å². The lowest BCUT2D eigenvalue weighted by Crippen LogP contribution is -2.02. The van der Waals surface area contributed by atoms with Gasteiger partial charge in [0.1, 0.15) is 5.75 Å². The highest BCUT2D eigenvalue weighted by atomic mass is 16.5. The molecule has 0 radical (unpaired) electrons. The summed E-state index contributed by atoms with van der Waals surface area (Å²) < 4.78 is 5.86. The molecule has 0 spiro atoms. The van der Waals surface area contributed by atoms with Crippen LogP contribution in [0.3, 0.4) is 0 Å². The average molecular weight is 313 g/mol. The summed E-state index contributed by atoms with van der Waals surface area (Å²) in [5.74, 6) is 1.37. The molecule has 0 saturated heterocycles. The Kier molecular flexibility index (Phi) is 4.90.